The summed E-state index contributed by atoms with van der Waals surface area (Å²) in [7, 11) is 1.66. The van der Waals surface area contributed by atoms with Crippen LogP contribution in [-0.4, -0.2) is 33.5 Å². The van der Waals surface area contributed by atoms with Crippen molar-refractivity contribution in [1.82, 2.24) is 0 Å². The Balaban J connectivity index is 1.67. The van der Waals surface area contributed by atoms with Gasteiger partial charge >= 0.3 is 0 Å². The zero-order valence-electron chi connectivity index (χ0n) is 13.2. The van der Waals surface area contributed by atoms with E-state index < -0.39 is 0 Å². The third kappa shape index (κ3) is 5.66. The van der Waals surface area contributed by atoms with E-state index in [0.29, 0.717) is 19.8 Å². The summed E-state index contributed by atoms with van der Waals surface area (Å²) in [6.45, 7) is 4.59. The van der Waals surface area contributed by atoms with Gasteiger partial charge in [0.15, 0.2) is 0 Å². The molecule has 0 radical (unpaired) electrons. The molecule has 0 bridgehead atoms. The Morgan fingerprint density at radius 3 is 2.00 bits per heavy atom. The lowest BCUT2D eigenvalue weighted by atomic mass is 10.2. The lowest BCUT2D eigenvalue weighted by Gasteiger charge is -2.10. The first-order valence-corrected chi connectivity index (χ1v) is 7.43. The zero-order chi connectivity index (χ0) is 15.6. The van der Waals surface area contributed by atoms with Gasteiger partial charge in [0.25, 0.3) is 0 Å². The maximum Gasteiger partial charge on any atom is 0.119 e. The highest BCUT2D eigenvalue weighted by atomic mass is 16.5. The van der Waals surface area contributed by atoms with Gasteiger partial charge in [-0.1, -0.05) is 17.7 Å². The fraction of sp³-hybridized carbons (Fsp3) is 0.333. The van der Waals surface area contributed by atoms with E-state index in [1.807, 2.05) is 48.5 Å². The van der Waals surface area contributed by atoms with Crippen molar-refractivity contribution < 1.29 is 14.2 Å². The molecule has 118 valence electrons. The van der Waals surface area contributed by atoms with Crippen LogP contribution in [0.15, 0.2) is 48.5 Å². The maximum atomic E-state index is 5.67. The summed E-state index contributed by atoms with van der Waals surface area (Å²) in [4.78, 5) is 0. The molecule has 2 aromatic rings. The number of hydrogen-bond acceptors (Lipinski definition) is 4. The normalized spacial score (nSPS) is 10.3. The number of benzene rings is 2. The Hall–Kier alpha value is -2.20. The SMILES string of the molecule is COCCOc1ccc(NCCOc2ccc(C)cc2)cc1. The van der Waals surface area contributed by atoms with Crippen LogP contribution in [0.3, 0.4) is 0 Å². The van der Waals surface area contributed by atoms with Gasteiger partial charge < -0.3 is 19.5 Å². The summed E-state index contributed by atoms with van der Waals surface area (Å²) in [5.74, 6) is 1.74. The number of hydrogen-bond donors (Lipinski definition) is 1. The second kappa shape index (κ2) is 8.95. The van der Waals surface area contributed by atoms with Crippen LogP contribution >= 0.6 is 0 Å². The van der Waals surface area contributed by atoms with Gasteiger partial charge in [-0.25, -0.2) is 0 Å². The molecule has 0 aliphatic rings. The first kappa shape index (κ1) is 16.2. The predicted octanol–water partition coefficient (Wildman–Crippen LogP) is 3.51. The Kier molecular flexibility index (Phi) is 6.58. The highest BCUT2D eigenvalue weighted by molar-refractivity contribution is 5.46. The van der Waals surface area contributed by atoms with E-state index in [-0.39, 0.29) is 0 Å². The lowest BCUT2D eigenvalue weighted by Crippen LogP contribution is -2.11. The van der Waals surface area contributed by atoms with Crippen LogP contribution in [0.4, 0.5) is 5.69 Å². The molecule has 0 heterocycles. The van der Waals surface area contributed by atoms with Gasteiger partial charge in [0, 0.05) is 19.3 Å². The predicted molar refractivity (Wildman–Crippen MR) is 89.0 cm³/mol. The Labute approximate surface area is 132 Å². The van der Waals surface area contributed by atoms with Crippen molar-refractivity contribution in [3.63, 3.8) is 0 Å². The molecule has 0 spiro atoms. The fourth-order valence-corrected chi connectivity index (χ4v) is 1.91. The molecular formula is C18H23NO3. The van der Waals surface area contributed by atoms with E-state index in [9.17, 15) is 0 Å². The number of ether oxygens (including phenoxy) is 3. The highest BCUT2D eigenvalue weighted by Crippen LogP contribution is 2.15. The average Bonchev–Trinajstić information content (AvgIpc) is 2.55. The van der Waals surface area contributed by atoms with Gasteiger partial charge in [0.05, 0.1) is 6.61 Å². The molecule has 0 unspecified atom stereocenters. The second-order valence-corrected chi connectivity index (χ2v) is 4.95. The Morgan fingerprint density at radius 2 is 1.36 bits per heavy atom. The van der Waals surface area contributed by atoms with Crippen molar-refractivity contribution >= 4 is 5.69 Å². The number of nitrogens with one attached hydrogen (secondary N) is 1. The molecule has 0 fully saturated rings. The van der Waals surface area contributed by atoms with Crippen molar-refractivity contribution in [2.24, 2.45) is 0 Å². The van der Waals surface area contributed by atoms with Crippen molar-refractivity contribution in [3.05, 3.63) is 54.1 Å². The van der Waals surface area contributed by atoms with E-state index in [1.54, 1.807) is 7.11 Å². The molecule has 1 N–H and O–H groups in total. The van der Waals surface area contributed by atoms with Crippen molar-refractivity contribution in [2.75, 3.05) is 38.8 Å². The topological polar surface area (TPSA) is 39.7 Å². The van der Waals surface area contributed by atoms with E-state index in [0.717, 1.165) is 23.7 Å². The number of rotatable bonds is 9. The standard InChI is InChI=1S/C18H23NO3/c1-15-3-7-17(8-4-15)21-12-11-19-16-5-9-18(10-6-16)22-14-13-20-2/h3-10,19H,11-14H2,1-2H3. The summed E-state index contributed by atoms with van der Waals surface area (Å²) in [5, 5.41) is 3.32. The first-order valence-electron chi connectivity index (χ1n) is 7.43. The summed E-state index contributed by atoms with van der Waals surface area (Å²) in [5.41, 5.74) is 2.28. The molecule has 0 aliphatic carbocycles. The van der Waals surface area contributed by atoms with Crippen molar-refractivity contribution in [1.29, 1.82) is 0 Å². The molecule has 0 aliphatic heterocycles. The van der Waals surface area contributed by atoms with Crippen LogP contribution in [0, 0.1) is 6.92 Å². The second-order valence-electron chi connectivity index (χ2n) is 4.95. The monoisotopic (exact) mass is 301 g/mol. The largest absolute Gasteiger partial charge is 0.492 e. The summed E-state index contributed by atoms with van der Waals surface area (Å²) < 4.78 is 16.1. The molecule has 2 rings (SSSR count). The molecule has 0 saturated heterocycles. The van der Waals surface area contributed by atoms with Crippen LogP contribution in [0.1, 0.15) is 5.56 Å². The fourth-order valence-electron chi connectivity index (χ4n) is 1.91. The van der Waals surface area contributed by atoms with Gasteiger partial charge in [-0.3, -0.25) is 0 Å². The molecule has 2 aromatic carbocycles. The molecular weight excluding hydrogens is 278 g/mol. The molecule has 0 atom stereocenters. The lowest BCUT2D eigenvalue weighted by molar-refractivity contribution is 0.146. The molecule has 4 nitrogen and oxygen atoms in total. The zero-order valence-corrected chi connectivity index (χ0v) is 13.2. The minimum atomic E-state index is 0.563. The van der Waals surface area contributed by atoms with Crippen LogP contribution in [0.5, 0.6) is 11.5 Å². The summed E-state index contributed by atoms with van der Waals surface area (Å²) in [6, 6.07) is 15.9. The number of methoxy groups -OCH3 is 1. The Bertz CT molecular complexity index is 537. The summed E-state index contributed by atoms with van der Waals surface area (Å²) >= 11 is 0. The van der Waals surface area contributed by atoms with Gasteiger partial charge in [0.2, 0.25) is 0 Å². The van der Waals surface area contributed by atoms with E-state index in [2.05, 4.69) is 12.2 Å². The molecule has 0 aromatic heterocycles. The van der Waals surface area contributed by atoms with E-state index in [4.69, 9.17) is 14.2 Å². The Morgan fingerprint density at radius 1 is 0.773 bits per heavy atom. The third-order valence-electron chi connectivity index (χ3n) is 3.13. The van der Waals surface area contributed by atoms with Crippen LogP contribution in [0.25, 0.3) is 0 Å². The molecule has 0 saturated carbocycles. The molecule has 0 amide bonds. The minimum absolute atomic E-state index is 0.563. The van der Waals surface area contributed by atoms with Crippen molar-refractivity contribution in [2.45, 2.75) is 6.92 Å². The van der Waals surface area contributed by atoms with Crippen LogP contribution in [-0.2, 0) is 4.74 Å². The minimum Gasteiger partial charge on any atom is -0.492 e. The van der Waals surface area contributed by atoms with Crippen LogP contribution in [0.2, 0.25) is 0 Å². The molecule has 22 heavy (non-hydrogen) atoms. The quantitative estimate of drug-likeness (QED) is 0.720. The van der Waals surface area contributed by atoms with E-state index >= 15 is 0 Å². The third-order valence-corrected chi connectivity index (χ3v) is 3.13. The van der Waals surface area contributed by atoms with Gasteiger partial charge in [-0.05, 0) is 43.3 Å². The van der Waals surface area contributed by atoms with E-state index in [1.165, 1.54) is 5.56 Å². The highest BCUT2D eigenvalue weighted by Gasteiger charge is 1.96. The first-order chi connectivity index (χ1) is 10.8. The van der Waals surface area contributed by atoms with Crippen molar-refractivity contribution in [3.8, 4) is 11.5 Å². The maximum absolute atomic E-state index is 5.67. The van der Waals surface area contributed by atoms with Gasteiger partial charge in [0.1, 0.15) is 24.7 Å². The summed E-state index contributed by atoms with van der Waals surface area (Å²) in [6.07, 6.45) is 0. The number of aryl methyl sites for hydroxylation is 1. The average molecular weight is 301 g/mol. The smallest absolute Gasteiger partial charge is 0.119 e. The number of anilines is 1. The van der Waals surface area contributed by atoms with Gasteiger partial charge in [-0.15, -0.1) is 0 Å². The van der Waals surface area contributed by atoms with Crippen LogP contribution < -0.4 is 14.8 Å². The van der Waals surface area contributed by atoms with Gasteiger partial charge in [-0.2, -0.15) is 0 Å². The molecule has 4 heteroatoms.